The van der Waals surface area contributed by atoms with Crippen LogP contribution < -0.4 is 0 Å². The van der Waals surface area contributed by atoms with Crippen molar-refractivity contribution in [3.63, 3.8) is 0 Å². The number of likely N-dealkylation sites (tertiary alicyclic amines) is 1. The number of aromatic nitrogens is 4. The van der Waals surface area contributed by atoms with E-state index in [0.29, 0.717) is 43.6 Å². The van der Waals surface area contributed by atoms with Crippen molar-refractivity contribution in [2.75, 3.05) is 39.3 Å². The fraction of sp³-hybridized carbons (Fsp3) is 0.500. The molecule has 0 unspecified atom stereocenters. The summed E-state index contributed by atoms with van der Waals surface area (Å²) in [7, 11) is 0. The molecule has 0 saturated carbocycles. The van der Waals surface area contributed by atoms with Gasteiger partial charge in [0.2, 0.25) is 5.91 Å². The van der Waals surface area contributed by atoms with E-state index in [1.54, 1.807) is 40.0 Å². The van der Waals surface area contributed by atoms with Gasteiger partial charge in [-0.25, -0.2) is 4.79 Å². The molecule has 11 heteroatoms. The van der Waals surface area contributed by atoms with E-state index in [1.165, 1.54) is 4.80 Å². The average molecular weight is 474 g/mol. The zero-order valence-electron chi connectivity index (χ0n) is 18.7. The van der Waals surface area contributed by atoms with Gasteiger partial charge in [-0.3, -0.25) is 4.79 Å². The van der Waals surface area contributed by atoms with Crippen molar-refractivity contribution in [2.45, 2.75) is 32.7 Å². The normalized spacial score (nSPS) is 17.5. The van der Waals surface area contributed by atoms with Crippen molar-refractivity contribution in [3.8, 4) is 0 Å². The zero-order valence-corrected chi connectivity index (χ0v) is 19.4. The molecule has 2 aliphatic rings. The Balaban J connectivity index is 1.31. The summed E-state index contributed by atoms with van der Waals surface area (Å²) in [6, 6.07) is 5.48. The highest BCUT2D eigenvalue weighted by atomic mass is 35.5. The Labute approximate surface area is 197 Å². The van der Waals surface area contributed by atoms with Crippen LogP contribution in [0.25, 0.3) is 6.08 Å². The van der Waals surface area contributed by atoms with E-state index < -0.39 is 0 Å². The molecule has 0 atom stereocenters. The van der Waals surface area contributed by atoms with Crippen molar-refractivity contribution in [3.05, 3.63) is 46.2 Å². The van der Waals surface area contributed by atoms with Crippen LogP contribution in [0.2, 0.25) is 5.02 Å². The molecular weight excluding hydrogens is 446 g/mol. The third-order valence-electron chi connectivity index (χ3n) is 5.75. The van der Waals surface area contributed by atoms with Crippen LogP contribution in [0, 0.1) is 6.92 Å². The SMILES string of the molecule is Cc1nnn(Cc2cc(Cl)ccc2C=CC(=O)N2CCN(OC(=O)N3CCCCC3)CC2)n1. The Morgan fingerprint density at radius 1 is 1.06 bits per heavy atom. The summed E-state index contributed by atoms with van der Waals surface area (Å²) in [5, 5.41) is 14.3. The molecule has 0 bridgehead atoms. The molecule has 0 radical (unpaired) electrons. The number of nitrogens with zero attached hydrogens (tertiary/aromatic N) is 7. The first-order chi connectivity index (χ1) is 16.0. The summed E-state index contributed by atoms with van der Waals surface area (Å²) in [5.41, 5.74) is 1.75. The minimum atomic E-state index is -0.290. The number of piperidine rings is 1. The molecule has 2 fully saturated rings. The van der Waals surface area contributed by atoms with Gasteiger partial charge in [0.25, 0.3) is 0 Å². The van der Waals surface area contributed by atoms with E-state index in [0.717, 1.165) is 43.5 Å². The van der Waals surface area contributed by atoms with Crippen molar-refractivity contribution < 1.29 is 14.4 Å². The van der Waals surface area contributed by atoms with Crippen molar-refractivity contribution >= 4 is 29.7 Å². The molecule has 0 spiro atoms. The lowest BCUT2D eigenvalue weighted by Gasteiger charge is -2.34. The standard InChI is InChI=1S/C22H28ClN7O3/c1-17-24-26-30(25-17)16-19-15-20(23)7-5-18(19)6-8-21(31)27-11-13-29(14-12-27)33-22(32)28-9-3-2-4-10-28/h5-8,15H,2-4,9-14,16H2,1H3. The summed E-state index contributed by atoms with van der Waals surface area (Å²) in [6.07, 6.45) is 6.25. The molecule has 33 heavy (non-hydrogen) atoms. The summed E-state index contributed by atoms with van der Waals surface area (Å²) in [4.78, 5) is 35.5. The maximum Gasteiger partial charge on any atom is 0.428 e. The number of tetrazole rings is 1. The molecule has 0 aliphatic carbocycles. The van der Waals surface area contributed by atoms with Crippen molar-refractivity contribution in [1.29, 1.82) is 0 Å². The molecule has 4 rings (SSSR count). The van der Waals surface area contributed by atoms with Crippen LogP contribution in [-0.4, -0.2) is 86.3 Å². The molecule has 2 aliphatic heterocycles. The first-order valence-corrected chi connectivity index (χ1v) is 11.6. The number of piperazine rings is 1. The predicted octanol–water partition coefficient (Wildman–Crippen LogP) is 2.38. The van der Waals surface area contributed by atoms with Crippen LogP contribution in [-0.2, 0) is 16.2 Å². The van der Waals surface area contributed by atoms with Gasteiger partial charge in [0.15, 0.2) is 5.82 Å². The largest absolute Gasteiger partial charge is 0.428 e. The molecule has 2 amide bonds. The Hall–Kier alpha value is -2.98. The monoisotopic (exact) mass is 473 g/mol. The molecule has 3 heterocycles. The number of carbonyl (C=O) groups excluding carboxylic acids is 2. The van der Waals surface area contributed by atoms with Gasteiger partial charge in [-0.1, -0.05) is 17.7 Å². The van der Waals surface area contributed by atoms with E-state index in [4.69, 9.17) is 16.4 Å². The van der Waals surface area contributed by atoms with Gasteiger partial charge in [0.05, 0.1) is 19.6 Å². The third-order valence-corrected chi connectivity index (χ3v) is 5.98. The topological polar surface area (TPSA) is 96.7 Å². The molecule has 2 aromatic rings. The Bertz CT molecular complexity index is 1010. The van der Waals surface area contributed by atoms with Gasteiger partial charge in [-0.15, -0.1) is 15.3 Å². The van der Waals surface area contributed by atoms with E-state index in [9.17, 15) is 9.59 Å². The van der Waals surface area contributed by atoms with E-state index in [2.05, 4.69) is 15.4 Å². The Morgan fingerprint density at radius 3 is 2.52 bits per heavy atom. The summed E-state index contributed by atoms with van der Waals surface area (Å²) in [5.74, 6) is 0.498. The highest BCUT2D eigenvalue weighted by Crippen LogP contribution is 2.19. The highest BCUT2D eigenvalue weighted by molar-refractivity contribution is 6.30. The lowest BCUT2D eigenvalue weighted by atomic mass is 10.1. The van der Waals surface area contributed by atoms with E-state index in [1.807, 2.05) is 12.1 Å². The van der Waals surface area contributed by atoms with Crippen molar-refractivity contribution in [1.82, 2.24) is 35.1 Å². The number of halogens is 1. The third kappa shape index (κ3) is 6.29. The average Bonchev–Trinajstić information content (AvgIpc) is 3.24. The quantitative estimate of drug-likeness (QED) is 0.615. The number of amides is 2. The first kappa shape index (κ1) is 23.2. The van der Waals surface area contributed by atoms with Crippen LogP contribution in [0.4, 0.5) is 4.79 Å². The molecule has 10 nitrogen and oxygen atoms in total. The van der Waals surface area contributed by atoms with Crippen molar-refractivity contribution in [2.24, 2.45) is 0 Å². The Kier molecular flexibility index (Phi) is 7.56. The maximum atomic E-state index is 12.7. The minimum Gasteiger partial charge on any atom is -0.351 e. The lowest BCUT2D eigenvalue weighted by molar-refractivity contribution is -0.147. The molecule has 1 aromatic heterocycles. The van der Waals surface area contributed by atoms with Crippen LogP contribution in [0.3, 0.4) is 0 Å². The minimum absolute atomic E-state index is 0.0902. The molecule has 2 saturated heterocycles. The second-order valence-corrected chi connectivity index (χ2v) is 8.64. The van der Waals surface area contributed by atoms with Gasteiger partial charge in [-0.05, 0) is 60.7 Å². The fourth-order valence-electron chi connectivity index (χ4n) is 3.93. The number of hydrogen-bond donors (Lipinski definition) is 0. The first-order valence-electron chi connectivity index (χ1n) is 11.2. The maximum absolute atomic E-state index is 12.7. The predicted molar refractivity (Wildman–Crippen MR) is 122 cm³/mol. The smallest absolute Gasteiger partial charge is 0.351 e. The number of hydroxylamine groups is 2. The highest BCUT2D eigenvalue weighted by Gasteiger charge is 2.25. The fourth-order valence-corrected chi connectivity index (χ4v) is 4.12. The number of benzene rings is 1. The summed E-state index contributed by atoms with van der Waals surface area (Å²) in [6.45, 7) is 5.64. The van der Waals surface area contributed by atoms with E-state index >= 15 is 0 Å². The molecule has 176 valence electrons. The van der Waals surface area contributed by atoms with Gasteiger partial charge < -0.3 is 14.6 Å². The Morgan fingerprint density at radius 2 is 1.82 bits per heavy atom. The van der Waals surface area contributed by atoms with Crippen LogP contribution >= 0.6 is 11.6 Å². The molecule has 1 aromatic carbocycles. The summed E-state index contributed by atoms with van der Waals surface area (Å²) >= 11 is 6.16. The zero-order chi connectivity index (χ0) is 23.2. The second kappa shape index (κ2) is 10.8. The number of hydrogen-bond acceptors (Lipinski definition) is 7. The van der Waals surface area contributed by atoms with Crippen LogP contribution in [0.1, 0.15) is 36.2 Å². The van der Waals surface area contributed by atoms with Gasteiger partial charge in [0.1, 0.15) is 0 Å². The number of rotatable bonds is 5. The number of aryl methyl sites for hydroxylation is 1. The van der Waals surface area contributed by atoms with E-state index in [-0.39, 0.29) is 12.0 Å². The van der Waals surface area contributed by atoms with Crippen LogP contribution in [0.5, 0.6) is 0 Å². The summed E-state index contributed by atoms with van der Waals surface area (Å²) < 4.78 is 0. The van der Waals surface area contributed by atoms with Crippen LogP contribution in [0.15, 0.2) is 24.3 Å². The van der Waals surface area contributed by atoms with Gasteiger partial charge in [-0.2, -0.15) is 4.80 Å². The molecular formula is C22H28ClN7O3. The molecule has 0 N–H and O–H groups in total. The number of carbonyl (C=O) groups is 2. The van der Waals surface area contributed by atoms with Gasteiger partial charge in [0, 0.05) is 37.3 Å². The lowest BCUT2D eigenvalue weighted by Crippen LogP contribution is -2.50. The van der Waals surface area contributed by atoms with Gasteiger partial charge >= 0.3 is 6.09 Å². The second-order valence-electron chi connectivity index (χ2n) is 8.20.